The number of nitrogens with one attached hydrogen (secondary N) is 1. The van der Waals surface area contributed by atoms with Gasteiger partial charge in [0.05, 0.1) is 30.4 Å². The number of aliphatic hydroxyl groups excluding tert-OH is 1. The molecule has 66 heavy (non-hydrogen) atoms. The van der Waals surface area contributed by atoms with Crippen LogP contribution in [0.1, 0.15) is 91.9 Å². The van der Waals surface area contributed by atoms with Crippen LogP contribution in [0.5, 0.6) is 0 Å². The summed E-state index contributed by atoms with van der Waals surface area (Å²) in [4.78, 5) is 57.3. The van der Waals surface area contributed by atoms with Crippen molar-refractivity contribution < 1.29 is 48.0 Å². The number of carbonyl (C=O) groups is 4. The van der Waals surface area contributed by atoms with Crippen LogP contribution in [0.4, 0.5) is 0 Å². The van der Waals surface area contributed by atoms with Crippen LogP contribution >= 0.6 is 0 Å². The van der Waals surface area contributed by atoms with Gasteiger partial charge >= 0.3 is 11.9 Å². The average Bonchev–Trinajstić information content (AvgIpc) is 3.99. The minimum Gasteiger partial charge on any atom is -0.460 e. The smallest absolute Gasteiger partial charge is 0.338 e. The third kappa shape index (κ3) is 11.2. The highest BCUT2D eigenvalue weighted by Gasteiger charge is 2.55. The number of carbonyl (C=O) groups excluding carboxylic acids is 4. The van der Waals surface area contributed by atoms with Crippen LogP contribution in [0.25, 0.3) is 6.08 Å². The number of benzene rings is 4. The largest absolute Gasteiger partial charge is 0.460 e. The molecule has 3 fully saturated rings. The van der Waals surface area contributed by atoms with E-state index in [0.717, 1.165) is 41.5 Å². The van der Waals surface area contributed by atoms with Crippen molar-refractivity contribution in [2.45, 2.75) is 120 Å². The third-order valence-electron chi connectivity index (χ3n) is 12.7. The highest BCUT2D eigenvalue weighted by atomic mass is 16.8. The molecule has 2 saturated heterocycles. The molecule has 8 rings (SSSR count). The van der Waals surface area contributed by atoms with Gasteiger partial charge in [0.15, 0.2) is 0 Å². The third-order valence-corrected chi connectivity index (χ3v) is 12.7. The maximum atomic E-state index is 14.9. The lowest BCUT2D eigenvalue weighted by Crippen LogP contribution is -2.53. The van der Waals surface area contributed by atoms with E-state index in [-0.39, 0.29) is 31.3 Å². The Morgan fingerprint density at radius 1 is 0.879 bits per heavy atom. The summed E-state index contributed by atoms with van der Waals surface area (Å²) in [5.41, 5.74) is 3.06. The Hall–Kier alpha value is -5.92. The molecule has 0 bridgehead atoms. The van der Waals surface area contributed by atoms with Crippen molar-refractivity contribution in [3.63, 3.8) is 0 Å². The summed E-state index contributed by atoms with van der Waals surface area (Å²) in [6.07, 6.45) is 7.46. The van der Waals surface area contributed by atoms with Gasteiger partial charge in [0.25, 0.3) is 0 Å². The number of nitrogens with zero attached hydrogens (tertiary/aromatic N) is 1. The van der Waals surface area contributed by atoms with Gasteiger partial charge in [-0.05, 0) is 81.7 Å². The molecule has 1 saturated carbocycles. The Morgan fingerprint density at radius 3 is 2.21 bits per heavy atom. The van der Waals surface area contributed by atoms with Crippen LogP contribution < -0.4 is 5.32 Å². The number of epoxide rings is 1. The van der Waals surface area contributed by atoms with Crippen LogP contribution in [0, 0.1) is 5.92 Å². The minimum absolute atomic E-state index is 0.0238. The van der Waals surface area contributed by atoms with E-state index in [1.54, 1.807) is 46.0 Å². The molecular formula is C54H60N2O10. The maximum Gasteiger partial charge on any atom is 0.338 e. The first kappa shape index (κ1) is 46.6. The number of allylic oxidation sites excluding steroid dienone is 1. The fourth-order valence-corrected chi connectivity index (χ4v) is 9.22. The van der Waals surface area contributed by atoms with Crippen LogP contribution in [0.2, 0.25) is 0 Å². The fourth-order valence-electron chi connectivity index (χ4n) is 9.22. The van der Waals surface area contributed by atoms with Crippen LogP contribution in [0.3, 0.4) is 0 Å². The molecular weight excluding hydrogens is 837 g/mol. The molecule has 0 aromatic heterocycles. The van der Waals surface area contributed by atoms with Crippen LogP contribution in [-0.2, 0) is 50.3 Å². The number of ether oxygens (including phenoxy) is 5. The van der Waals surface area contributed by atoms with Gasteiger partial charge in [-0.25, -0.2) is 4.79 Å². The predicted molar refractivity (Wildman–Crippen MR) is 248 cm³/mol. The topological polar surface area (TPSA) is 153 Å². The zero-order valence-corrected chi connectivity index (χ0v) is 38.0. The van der Waals surface area contributed by atoms with Crippen molar-refractivity contribution in [1.82, 2.24) is 10.2 Å². The maximum absolute atomic E-state index is 14.9. The van der Waals surface area contributed by atoms with Crippen molar-refractivity contribution in [3.8, 4) is 0 Å². The molecule has 2 aliphatic heterocycles. The van der Waals surface area contributed by atoms with Crippen molar-refractivity contribution in [2.24, 2.45) is 5.92 Å². The van der Waals surface area contributed by atoms with Crippen molar-refractivity contribution >= 4 is 29.8 Å². The monoisotopic (exact) mass is 896 g/mol. The first-order chi connectivity index (χ1) is 31.8. The summed E-state index contributed by atoms with van der Waals surface area (Å²) in [5, 5.41) is 13.2. The van der Waals surface area contributed by atoms with Gasteiger partial charge in [0.2, 0.25) is 17.6 Å². The number of hydrogen-bond acceptors (Lipinski definition) is 10. The van der Waals surface area contributed by atoms with Crippen LogP contribution in [0.15, 0.2) is 133 Å². The number of likely N-dealkylation sites (N-methyl/N-ethyl adjacent to an activating group) is 1. The van der Waals surface area contributed by atoms with Gasteiger partial charge in [-0.15, -0.1) is 0 Å². The Bertz CT molecular complexity index is 2360. The second-order valence-corrected chi connectivity index (χ2v) is 18.8. The SMILES string of the molecule is CN(C(=O)C1=C[C@H]2OC(c3ccccc3)(c3ccccc3)O[C@H]2[C@H](OC(=O)c2cccc(C=CC3CCC4OC4C3)c2)C1)[C@H](Cc1ccccc1)C(=O)N[C@H](CO)CCC(=O)OC(C)(C)C. The molecule has 2 N–H and O–H groups in total. The normalized spacial score (nSPS) is 23.9. The second-order valence-electron chi connectivity index (χ2n) is 18.8. The molecule has 2 heterocycles. The van der Waals surface area contributed by atoms with Gasteiger partial charge in [-0.3, -0.25) is 14.4 Å². The molecule has 8 atom stereocenters. The summed E-state index contributed by atoms with van der Waals surface area (Å²) in [5.74, 6) is -3.01. The number of aliphatic hydroxyl groups is 1. The summed E-state index contributed by atoms with van der Waals surface area (Å²) in [6.45, 7) is 4.89. The zero-order valence-electron chi connectivity index (χ0n) is 38.0. The molecule has 2 aliphatic carbocycles. The lowest BCUT2D eigenvalue weighted by Gasteiger charge is -2.34. The highest BCUT2D eigenvalue weighted by molar-refractivity contribution is 5.97. The van der Waals surface area contributed by atoms with Crippen LogP contribution in [-0.4, -0.2) is 95.6 Å². The summed E-state index contributed by atoms with van der Waals surface area (Å²) in [6, 6.07) is 33.9. The molecule has 4 aromatic carbocycles. The number of fused-ring (bicyclic) bond motifs is 2. The summed E-state index contributed by atoms with van der Waals surface area (Å²) < 4.78 is 31.5. The number of rotatable bonds is 16. The Balaban J connectivity index is 1.07. The number of amides is 2. The highest BCUT2D eigenvalue weighted by Crippen LogP contribution is 2.47. The van der Waals surface area contributed by atoms with Crippen molar-refractivity contribution in [3.05, 3.63) is 161 Å². The molecule has 12 heteroatoms. The standard InChI is InChI=1S/C54H60N2O10/c1-53(2,3)65-48(58)28-26-42(34-57)55-50(59)43(30-35-15-8-5-9-16-35)56(4)51(60)39-32-46(63-52(61)38-18-14-17-36(29-38)23-24-37-25-27-44-45(31-37)62-44)49-47(33-39)64-54(66-49,40-19-10-6-11-20-40)41-21-12-7-13-22-41/h5-24,29,33,37,42-47,49,57H,25-28,30-32,34H2,1-4H3,(H,55,59)/t37?,42-,43+,44?,45?,46+,47+,49-/m0/s1. The van der Waals surface area contributed by atoms with Gasteiger partial charge in [0, 0.05) is 43.0 Å². The van der Waals surface area contributed by atoms with E-state index in [0.29, 0.717) is 23.7 Å². The summed E-state index contributed by atoms with van der Waals surface area (Å²) >= 11 is 0. The van der Waals surface area contributed by atoms with E-state index in [2.05, 4.69) is 11.4 Å². The Labute approximate surface area is 386 Å². The van der Waals surface area contributed by atoms with E-state index in [1.807, 2.05) is 109 Å². The zero-order chi connectivity index (χ0) is 46.4. The molecule has 3 unspecified atom stereocenters. The average molecular weight is 897 g/mol. The quantitative estimate of drug-likeness (QED) is 0.0856. The molecule has 0 spiro atoms. The number of esters is 2. The minimum atomic E-state index is -1.41. The molecule has 0 radical (unpaired) electrons. The van der Waals surface area contributed by atoms with Crippen molar-refractivity contribution in [2.75, 3.05) is 13.7 Å². The van der Waals surface area contributed by atoms with E-state index in [1.165, 1.54) is 4.90 Å². The predicted octanol–water partition coefficient (Wildman–Crippen LogP) is 7.48. The number of hydrogen-bond donors (Lipinski definition) is 2. The summed E-state index contributed by atoms with van der Waals surface area (Å²) in [7, 11) is 1.56. The van der Waals surface area contributed by atoms with Gasteiger partial charge in [-0.1, -0.05) is 115 Å². The Morgan fingerprint density at radius 2 is 1.56 bits per heavy atom. The van der Waals surface area contributed by atoms with E-state index in [9.17, 15) is 24.3 Å². The molecule has 12 nitrogen and oxygen atoms in total. The molecule has 2 amide bonds. The molecule has 4 aromatic rings. The van der Waals surface area contributed by atoms with Gasteiger partial charge < -0.3 is 39.0 Å². The molecule has 4 aliphatic rings. The lowest BCUT2D eigenvalue weighted by atomic mass is 9.88. The van der Waals surface area contributed by atoms with E-state index in [4.69, 9.17) is 23.7 Å². The van der Waals surface area contributed by atoms with Gasteiger partial charge in [-0.2, -0.15) is 0 Å². The second kappa shape index (κ2) is 20.3. The van der Waals surface area contributed by atoms with E-state index >= 15 is 0 Å². The first-order valence-electron chi connectivity index (χ1n) is 23.0. The fraction of sp³-hybridized carbons (Fsp3) is 0.407. The van der Waals surface area contributed by atoms with Gasteiger partial charge in [0.1, 0.15) is 30.0 Å². The van der Waals surface area contributed by atoms with E-state index < -0.39 is 72.1 Å². The Kier molecular flexibility index (Phi) is 14.3. The van der Waals surface area contributed by atoms with Crippen molar-refractivity contribution in [1.29, 1.82) is 0 Å². The first-order valence-corrected chi connectivity index (χ1v) is 23.0. The molecule has 346 valence electrons. The lowest BCUT2D eigenvalue weighted by molar-refractivity contribution is -0.157.